The van der Waals surface area contributed by atoms with Gasteiger partial charge in [0.25, 0.3) is 0 Å². The standard InChI is InChI=1S/C14H18BrNO2/c1-16-13(12-3-2-5-17-12)11-8-10(15)7-9-4-6-18-14(9)11/h7-8,12-13,16H,2-6H2,1H3. The highest BCUT2D eigenvalue weighted by Gasteiger charge is 2.30. The molecule has 0 aliphatic carbocycles. The van der Waals surface area contributed by atoms with Crippen LogP contribution in [0.4, 0.5) is 0 Å². The zero-order valence-corrected chi connectivity index (χ0v) is 12.1. The van der Waals surface area contributed by atoms with Crippen molar-refractivity contribution in [2.24, 2.45) is 0 Å². The fourth-order valence-electron chi connectivity index (χ4n) is 2.94. The van der Waals surface area contributed by atoms with Crippen molar-refractivity contribution in [2.45, 2.75) is 31.4 Å². The number of likely N-dealkylation sites (N-methyl/N-ethyl adjacent to an activating group) is 1. The molecule has 2 aliphatic rings. The number of rotatable bonds is 3. The Labute approximate surface area is 116 Å². The van der Waals surface area contributed by atoms with Crippen LogP contribution in [0, 0.1) is 0 Å². The first-order valence-electron chi connectivity index (χ1n) is 6.53. The first kappa shape index (κ1) is 12.5. The lowest BCUT2D eigenvalue weighted by atomic mass is 9.96. The lowest BCUT2D eigenvalue weighted by Crippen LogP contribution is -2.29. The molecule has 0 bridgehead atoms. The van der Waals surface area contributed by atoms with Gasteiger partial charge < -0.3 is 14.8 Å². The van der Waals surface area contributed by atoms with Gasteiger partial charge in [-0.3, -0.25) is 0 Å². The molecule has 3 nitrogen and oxygen atoms in total. The number of fused-ring (bicyclic) bond motifs is 1. The van der Waals surface area contributed by atoms with Crippen LogP contribution in [-0.4, -0.2) is 26.4 Å². The van der Waals surface area contributed by atoms with Crippen LogP contribution in [0.15, 0.2) is 16.6 Å². The predicted octanol–water partition coefficient (Wildman–Crippen LogP) is 2.82. The summed E-state index contributed by atoms with van der Waals surface area (Å²) in [6, 6.07) is 4.54. The molecule has 0 amide bonds. The molecular formula is C14H18BrNO2. The minimum absolute atomic E-state index is 0.219. The molecule has 2 heterocycles. The van der Waals surface area contributed by atoms with Gasteiger partial charge in [-0.1, -0.05) is 15.9 Å². The maximum Gasteiger partial charge on any atom is 0.127 e. The Bertz CT molecular complexity index is 444. The van der Waals surface area contributed by atoms with Gasteiger partial charge in [0.1, 0.15) is 5.75 Å². The Kier molecular flexibility index (Phi) is 3.59. The summed E-state index contributed by atoms with van der Waals surface area (Å²) >= 11 is 3.60. The molecule has 0 aromatic heterocycles. The minimum atomic E-state index is 0.219. The zero-order valence-electron chi connectivity index (χ0n) is 10.5. The summed E-state index contributed by atoms with van der Waals surface area (Å²) in [5.74, 6) is 1.06. The number of nitrogens with one attached hydrogen (secondary N) is 1. The monoisotopic (exact) mass is 311 g/mol. The Morgan fingerprint density at radius 3 is 3.00 bits per heavy atom. The highest BCUT2D eigenvalue weighted by molar-refractivity contribution is 9.10. The molecule has 1 aromatic rings. The Morgan fingerprint density at radius 2 is 2.28 bits per heavy atom. The van der Waals surface area contributed by atoms with Crippen LogP contribution in [0.2, 0.25) is 0 Å². The van der Waals surface area contributed by atoms with Crippen LogP contribution in [-0.2, 0) is 11.2 Å². The van der Waals surface area contributed by atoms with E-state index in [4.69, 9.17) is 9.47 Å². The van der Waals surface area contributed by atoms with Gasteiger partial charge in [0.15, 0.2) is 0 Å². The summed E-state index contributed by atoms with van der Waals surface area (Å²) in [6.07, 6.45) is 3.54. The molecule has 1 N–H and O–H groups in total. The summed E-state index contributed by atoms with van der Waals surface area (Å²) < 4.78 is 12.8. The molecule has 1 aromatic carbocycles. The van der Waals surface area contributed by atoms with Crippen LogP contribution >= 0.6 is 15.9 Å². The Hall–Kier alpha value is -0.580. The van der Waals surface area contributed by atoms with E-state index in [-0.39, 0.29) is 12.1 Å². The van der Waals surface area contributed by atoms with Gasteiger partial charge in [0.05, 0.1) is 18.8 Å². The highest BCUT2D eigenvalue weighted by Crippen LogP contribution is 2.39. The van der Waals surface area contributed by atoms with Crippen molar-refractivity contribution < 1.29 is 9.47 Å². The Balaban J connectivity index is 1.98. The summed E-state index contributed by atoms with van der Waals surface area (Å²) in [7, 11) is 1.99. The fraction of sp³-hybridized carbons (Fsp3) is 0.571. The quantitative estimate of drug-likeness (QED) is 0.931. The van der Waals surface area contributed by atoms with Crippen molar-refractivity contribution in [1.29, 1.82) is 0 Å². The maximum atomic E-state index is 5.83. The van der Waals surface area contributed by atoms with E-state index in [0.29, 0.717) is 0 Å². The summed E-state index contributed by atoms with van der Waals surface area (Å²) in [4.78, 5) is 0. The summed E-state index contributed by atoms with van der Waals surface area (Å²) in [6.45, 7) is 1.67. The molecule has 0 spiro atoms. The van der Waals surface area contributed by atoms with E-state index in [2.05, 4.69) is 33.4 Å². The van der Waals surface area contributed by atoms with Crippen LogP contribution in [0.1, 0.15) is 30.0 Å². The number of hydrogen-bond donors (Lipinski definition) is 1. The molecule has 1 saturated heterocycles. The third-order valence-electron chi connectivity index (χ3n) is 3.76. The van der Waals surface area contributed by atoms with Crippen molar-refractivity contribution >= 4 is 15.9 Å². The van der Waals surface area contributed by atoms with Crippen molar-refractivity contribution in [2.75, 3.05) is 20.3 Å². The third-order valence-corrected chi connectivity index (χ3v) is 4.22. The molecule has 3 rings (SSSR count). The van der Waals surface area contributed by atoms with Gasteiger partial charge >= 0.3 is 0 Å². The number of hydrogen-bond acceptors (Lipinski definition) is 3. The van der Waals surface area contributed by atoms with Crippen molar-refractivity contribution in [3.8, 4) is 5.75 Å². The van der Waals surface area contributed by atoms with E-state index in [0.717, 1.165) is 42.7 Å². The van der Waals surface area contributed by atoms with E-state index in [1.54, 1.807) is 0 Å². The van der Waals surface area contributed by atoms with Crippen LogP contribution in [0.3, 0.4) is 0 Å². The SMILES string of the molecule is CNC(c1cc(Br)cc2c1OCC2)C1CCCO1. The first-order chi connectivity index (χ1) is 8.79. The largest absolute Gasteiger partial charge is 0.493 e. The number of ether oxygens (including phenoxy) is 2. The average Bonchev–Trinajstić information content (AvgIpc) is 2.99. The number of benzene rings is 1. The van der Waals surface area contributed by atoms with Gasteiger partial charge in [-0.05, 0) is 37.6 Å². The molecule has 2 atom stereocenters. The lowest BCUT2D eigenvalue weighted by Gasteiger charge is -2.24. The van der Waals surface area contributed by atoms with Gasteiger partial charge in [-0.2, -0.15) is 0 Å². The molecular weight excluding hydrogens is 294 g/mol. The van der Waals surface area contributed by atoms with Crippen molar-refractivity contribution in [3.05, 3.63) is 27.7 Å². The molecule has 2 aliphatic heterocycles. The van der Waals surface area contributed by atoms with Crippen LogP contribution in [0.25, 0.3) is 0 Å². The lowest BCUT2D eigenvalue weighted by molar-refractivity contribution is 0.0799. The van der Waals surface area contributed by atoms with E-state index in [1.807, 2.05) is 7.05 Å². The second kappa shape index (κ2) is 5.19. The van der Waals surface area contributed by atoms with Crippen molar-refractivity contribution in [1.82, 2.24) is 5.32 Å². The van der Waals surface area contributed by atoms with Gasteiger partial charge in [-0.15, -0.1) is 0 Å². The van der Waals surface area contributed by atoms with Crippen LogP contribution in [0.5, 0.6) is 5.75 Å². The molecule has 0 radical (unpaired) electrons. The molecule has 4 heteroatoms. The van der Waals surface area contributed by atoms with Gasteiger partial charge in [0.2, 0.25) is 0 Å². The first-order valence-corrected chi connectivity index (χ1v) is 7.33. The summed E-state index contributed by atoms with van der Waals surface area (Å²) in [5.41, 5.74) is 2.53. The van der Waals surface area contributed by atoms with E-state index in [1.165, 1.54) is 11.1 Å². The predicted molar refractivity (Wildman–Crippen MR) is 74.1 cm³/mol. The van der Waals surface area contributed by atoms with E-state index >= 15 is 0 Å². The Morgan fingerprint density at radius 1 is 1.39 bits per heavy atom. The second-order valence-electron chi connectivity index (χ2n) is 4.90. The average molecular weight is 312 g/mol. The van der Waals surface area contributed by atoms with Crippen LogP contribution < -0.4 is 10.1 Å². The molecule has 18 heavy (non-hydrogen) atoms. The van der Waals surface area contributed by atoms with Gasteiger partial charge in [0, 0.05) is 23.1 Å². The topological polar surface area (TPSA) is 30.5 Å². The van der Waals surface area contributed by atoms with Gasteiger partial charge in [-0.25, -0.2) is 0 Å². The highest BCUT2D eigenvalue weighted by atomic mass is 79.9. The van der Waals surface area contributed by atoms with Crippen molar-refractivity contribution in [3.63, 3.8) is 0 Å². The maximum absolute atomic E-state index is 5.83. The summed E-state index contributed by atoms with van der Waals surface area (Å²) in [5, 5.41) is 3.39. The molecule has 0 saturated carbocycles. The van der Waals surface area contributed by atoms with E-state index < -0.39 is 0 Å². The second-order valence-corrected chi connectivity index (χ2v) is 5.82. The minimum Gasteiger partial charge on any atom is -0.493 e. The molecule has 98 valence electrons. The normalized spacial score (nSPS) is 23.8. The zero-order chi connectivity index (χ0) is 12.5. The third kappa shape index (κ3) is 2.17. The molecule has 1 fully saturated rings. The number of halogens is 1. The van der Waals surface area contributed by atoms with E-state index in [9.17, 15) is 0 Å². The smallest absolute Gasteiger partial charge is 0.127 e. The fourth-order valence-corrected chi connectivity index (χ4v) is 3.46. The molecule has 2 unspecified atom stereocenters.